The number of ether oxygens (including phenoxy) is 1. The number of Topliss-reactive ketones (excluding diaryl/α,β-unsaturated/α-hetero) is 2. The Morgan fingerprint density at radius 1 is 1.44 bits per heavy atom. The van der Waals surface area contributed by atoms with E-state index in [0.717, 1.165) is 6.42 Å². The predicted molar refractivity (Wildman–Crippen MR) is 64.2 cm³/mol. The minimum atomic E-state index is -0.471. The lowest BCUT2D eigenvalue weighted by Gasteiger charge is -2.20. The van der Waals surface area contributed by atoms with Crippen molar-refractivity contribution >= 4 is 11.6 Å². The molecule has 0 saturated heterocycles. The Morgan fingerprint density at radius 2 is 2.22 bits per heavy atom. The minimum absolute atomic E-state index is 0.106. The summed E-state index contributed by atoms with van der Waals surface area (Å²) in [5.41, 5.74) is 0.234. The van der Waals surface area contributed by atoms with Gasteiger partial charge in [0.2, 0.25) is 0 Å². The molecule has 18 heavy (non-hydrogen) atoms. The van der Waals surface area contributed by atoms with Crippen LogP contribution < -0.4 is 4.74 Å². The molecule has 0 radical (unpaired) electrons. The average Bonchev–Trinajstić information content (AvgIpc) is 2.38. The number of methoxy groups -OCH3 is 1. The van der Waals surface area contributed by atoms with Gasteiger partial charge in [0.05, 0.1) is 12.7 Å². The molecule has 1 aromatic rings. The van der Waals surface area contributed by atoms with Gasteiger partial charge < -0.3 is 4.74 Å². The number of ketones is 2. The zero-order valence-electron chi connectivity index (χ0n) is 10.2. The summed E-state index contributed by atoms with van der Waals surface area (Å²) in [5.74, 6) is -0.531. The van der Waals surface area contributed by atoms with Crippen LogP contribution in [0.3, 0.4) is 0 Å². The molecule has 0 bridgehead atoms. The second-order valence-electron chi connectivity index (χ2n) is 4.54. The number of benzene rings is 1. The molecule has 0 aromatic heterocycles. The Balaban J connectivity index is 2.27. The molecule has 1 aliphatic rings. The zero-order chi connectivity index (χ0) is 13.1. The van der Waals surface area contributed by atoms with Crippen LogP contribution in [0.4, 0.5) is 4.39 Å². The second kappa shape index (κ2) is 5.29. The molecule has 1 fully saturated rings. The Morgan fingerprint density at radius 3 is 2.89 bits per heavy atom. The highest BCUT2D eigenvalue weighted by molar-refractivity contribution is 6.02. The highest BCUT2D eigenvalue weighted by Crippen LogP contribution is 2.29. The number of hydrogen-bond acceptors (Lipinski definition) is 3. The molecule has 3 nitrogen and oxygen atoms in total. The summed E-state index contributed by atoms with van der Waals surface area (Å²) in [5, 5.41) is 0. The van der Waals surface area contributed by atoms with E-state index in [4.69, 9.17) is 4.74 Å². The van der Waals surface area contributed by atoms with Crippen molar-refractivity contribution in [1.29, 1.82) is 0 Å². The smallest absolute Gasteiger partial charge is 0.170 e. The Bertz CT molecular complexity index is 482. The Hall–Kier alpha value is -1.71. The summed E-state index contributed by atoms with van der Waals surface area (Å²) < 4.78 is 18.3. The van der Waals surface area contributed by atoms with Gasteiger partial charge in [0.25, 0.3) is 0 Å². The van der Waals surface area contributed by atoms with Gasteiger partial charge in [0.15, 0.2) is 5.78 Å². The maximum Gasteiger partial charge on any atom is 0.170 e. The highest BCUT2D eigenvalue weighted by Gasteiger charge is 2.28. The molecular weight excluding hydrogens is 235 g/mol. The van der Waals surface area contributed by atoms with Gasteiger partial charge in [-0.15, -0.1) is 0 Å². The predicted octanol–water partition coefficient (Wildman–Crippen LogP) is 2.78. The molecule has 1 aromatic carbocycles. The van der Waals surface area contributed by atoms with E-state index in [1.165, 1.54) is 25.3 Å². The van der Waals surface area contributed by atoms with Crippen molar-refractivity contribution < 1.29 is 18.7 Å². The monoisotopic (exact) mass is 250 g/mol. The molecule has 2 rings (SSSR count). The van der Waals surface area contributed by atoms with Crippen LogP contribution in [0.2, 0.25) is 0 Å². The molecule has 0 N–H and O–H groups in total. The summed E-state index contributed by atoms with van der Waals surface area (Å²) in [7, 11) is 1.44. The van der Waals surface area contributed by atoms with Crippen LogP contribution in [-0.2, 0) is 4.79 Å². The van der Waals surface area contributed by atoms with Gasteiger partial charge in [-0.3, -0.25) is 9.59 Å². The van der Waals surface area contributed by atoms with Crippen molar-refractivity contribution in [2.75, 3.05) is 7.11 Å². The molecule has 4 heteroatoms. The van der Waals surface area contributed by atoms with E-state index >= 15 is 0 Å². The maximum atomic E-state index is 13.2. The van der Waals surface area contributed by atoms with Gasteiger partial charge in [-0.05, 0) is 31.0 Å². The van der Waals surface area contributed by atoms with Crippen molar-refractivity contribution in [2.24, 2.45) is 5.92 Å². The fraction of sp³-hybridized carbons (Fsp3) is 0.429. The fourth-order valence-electron chi connectivity index (χ4n) is 2.34. The van der Waals surface area contributed by atoms with E-state index in [2.05, 4.69) is 0 Å². The van der Waals surface area contributed by atoms with E-state index in [0.29, 0.717) is 18.6 Å². The standard InChI is InChI=1S/C14H15FO3/c1-18-13-6-5-10(15)8-12(13)14(17)9-3-2-4-11(16)7-9/h5-6,8-9H,2-4,7H2,1H3. The summed E-state index contributed by atoms with van der Waals surface area (Å²) in [6.45, 7) is 0. The second-order valence-corrected chi connectivity index (χ2v) is 4.54. The average molecular weight is 250 g/mol. The summed E-state index contributed by atoms with van der Waals surface area (Å²) in [4.78, 5) is 23.7. The summed E-state index contributed by atoms with van der Waals surface area (Å²) in [6, 6.07) is 3.87. The molecule has 0 heterocycles. The lowest BCUT2D eigenvalue weighted by atomic mass is 9.83. The van der Waals surface area contributed by atoms with Crippen LogP contribution in [-0.4, -0.2) is 18.7 Å². The quantitative estimate of drug-likeness (QED) is 0.775. The fourth-order valence-corrected chi connectivity index (χ4v) is 2.34. The first-order valence-electron chi connectivity index (χ1n) is 6.01. The van der Waals surface area contributed by atoms with E-state index in [-0.39, 0.29) is 29.5 Å². The Kier molecular flexibility index (Phi) is 3.75. The molecule has 1 atom stereocenters. The zero-order valence-corrected chi connectivity index (χ0v) is 10.2. The van der Waals surface area contributed by atoms with E-state index in [1.54, 1.807) is 0 Å². The number of rotatable bonds is 3. The third kappa shape index (κ3) is 2.58. The maximum absolute atomic E-state index is 13.2. The summed E-state index contributed by atoms with van der Waals surface area (Å²) in [6.07, 6.45) is 2.22. The van der Waals surface area contributed by atoms with Crippen LogP contribution in [0.25, 0.3) is 0 Å². The number of halogens is 1. The number of hydrogen-bond donors (Lipinski definition) is 0. The topological polar surface area (TPSA) is 43.4 Å². The van der Waals surface area contributed by atoms with Gasteiger partial charge >= 0.3 is 0 Å². The first-order chi connectivity index (χ1) is 8.61. The lowest BCUT2D eigenvalue weighted by molar-refractivity contribution is -0.121. The van der Waals surface area contributed by atoms with Crippen molar-refractivity contribution in [3.63, 3.8) is 0 Å². The third-order valence-corrected chi connectivity index (χ3v) is 3.28. The lowest BCUT2D eigenvalue weighted by Crippen LogP contribution is -2.23. The normalized spacial score (nSPS) is 19.7. The van der Waals surface area contributed by atoms with Gasteiger partial charge in [-0.25, -0.2) is 4.39 Å². The van der Waals surface area contributed by atoms with E-state index in [1.807, 2.05) is 0 Å². The van der Waals surface area contributed by atoms with Crippen molar-refractivity contribution in [2.45, 2.75) is 25.7 Å². The van der Waals surface area contributed by atoms with Crippen molar-refractivity contribution in [1.82, 2.24) is 0 Å². The van der Waals surface area contributed by atoms with E-state index in [9.17, 15) is 14.0 Å². The SMILES string of the molecule is COc1ccc(F)cc1C(=O)C1CCCC(=O)C1. The van der Waals surface area contributed by atoms with Crippen molar-refractivity contribution in [3.8, 4) is 5.75 Å². The first kappa shape index (κ1) is 12.7. The van der Waals surface area contributed by atoms with Crippen LogP contribution in [0.5, 0.6) is 5.75 Å². The molecule has 0 spiro atoms. The molecule has 0 aliphatic heterocycles. The summed E-state index contributed by atoms with van der Waals surface area (Å²) >= 11 is 0. The molecule has 1 aliphatic carbocycles. The van der Waals surface area contributed by atoms with Gasteiger partial charge in [0, 0.05) is 18.8 Å². The number of carbonyl (C=O) groups is 2. The van der Waals surface area contributed by atoms with Crippen LogP contribution in [0, 0.1) is 11.7 Å². The molecule has 1 unspecified atom stereocenters. The third-order valence-electron chi connectivity index (χ3n) is 3.28. The van der Waals surface area contributed by atoms with Crippen LogP contribution in [0.1, 0.15) is 36.0 Å². The molecular formula is C14H15FO3. The van der Waals surface area contributed by atoms with Gasteiger partial charge in [-0.1, -0.05) is 0 Å². The molecule has 1 saturated carbocycles. The Labute approximate surface area is 105 Å². The van der Waals surface area contributed by atoms with Crippen molar-refractivity contribution in [3.05, 3.63) is 29.6 Å². The minimum Gasteiger partial charge on any atom is -0.496 e. The highest BCUT2D eigenvalue weighted by atomic mass is 19.1. The van der Waals surface area contributed by atoms with Crippen LogP contribution in [0.15, 0.2) is 18.2 Å². The molecule has 96 valence electrons. The van der Waals surface area contributed by atoms with Gasteiger partial charge in [-0.2, -0.15) is 0 Å². The largest absolute Gasteiger partial charge is 0.496 e. The molecule has 0 amide bonds. The first-order valence-corrected chi connectivity index (χ1v) is 6.01. The van der Waals surface area contributed by atoms with Gasteiger partial charge in [0.1, 0.15) is 17.3 Å². The number of carbonyl (C=O) groups excluding carboxylic acids is 2. The van der Waals surface area contributed by atoms with Crippen LogP contribution >= 0.6 is 0 Å². The van der Waals surface area contributed by atoms with E-state index < -0.39 is 5.82 Å².